The Hall–Kier alpha value is -4.05. The van der Waals surface area contributed by atoms with Crippen LogP contribution in [0.4, 0.5) is 5.69 Å². The van der Waals surface area contributed by atoms with Crippen molar-refractivity contribution in [1.82, 2.24) is 10.2 Å². The van der Waals surface area contributed by atoms with E-state index < -0.39 is 28.5 Å². The Morgan fingerprint density at radius 3 is 2.29 bits per heavy atom. The lowest BCUT2D eigenvalue weighted by atomic mass is 10.0. The first kappa shape index (κ1) is 35.3. The van der Waals surface area contributed by atoms with Crippen LogP contribution >= 0.6 is 23.2 Å². The Bertz CT molecular complexity index is 1830. The number of hydrogen-bond donors (Lipinski definition) is 1. The number of amides is 2. The van der Waals surface area contributed by atoms with Gasteiger partial charge in [0.15, 0.2) is 0 Å². The van der Waals surface area contributed by atoms with Crippen molar-refractivity contribution < 1.29 is 22.7 Å². The van der Waals surface area contributed by atoms with E-state index in [1.54, 1.807) is 54.6 Å². The van der Waals surface area contributed by atoms with Crippen molar-refractivity contribution >= 4 is 50.7 Å². The lowest BCUT2D eigenvalue weighted by molar-refractivity contribution is -0.140. The Balaban J connectivity index is 1.59. The van der Waals surface area contributed by atoms with Gasteiger partial charge in [-0.1, -0.05) is 96.2 Å². The SMILES string of the molecule is COc1cccc(N(CC(=O)N(Cc2ccc(Cl)cc2Cl)[C@@H](Cc2ccccc2)C(=O)NC2CCCC2)S(=O)(=O)c2ccc(C)cc2)c1. The minimum absolute atomic E-state index is 0.00189. The lowest BCUT2D eigenvalue weighted by Gasteiger charge is -2.34. The summed E-state index contributed by atoms with van der Waals surface area (Å²) in [5.74, 6) is -0.465. The number of carbonyl (C=O) groups is 2. The van der Waals surface area contributed by atoms with Gasteiger partial charge in [0.1, 0.15) is 18.3 Å². The molecule has 5 rings (SSSR count). The third-order valence-corrected chi connectivity index (χ3v) is 10.9. The van der Waals surface area contributed by atoms with E-state index in [-0.39, 0.29) is 35.5 Å². The zero-order valence-corrected chi connectivity index (χ0v) is 29.3. The summed E-state index contributed by atoms with van der Waals surface area (Å²) in [7, 11) is -2.76. The number of aryl methyl sites for hydroxylation is 1. The first-order valence-corrected chi connectivity index (χ1v) is 18.1. The van der Waals surface area contributed by atoms with Gasteiger partial charge >= 0.3 is 0 Å². The molecule has 1 aliphatic rings. The number of carbonyl (C=O) groups excluding carboxylic acids is 2. The van der Waals surface area contributed by atoms with E-state index >= 15 is 0 Å². The number of hydrogen-bond acceptors (Lipinski definition) is 5. The Kier molecular flexibility index (Phi) is 11.7. The number of benzene rings is 4. The summed E-state index contributed by atoms with van der Waals surface area (Å²) in [6.45, 7) is 1.22. The van der Waals surface area contributed by atoms with Gasteiger partial charge in [-0.05, 0) is 67.3 Å². The number of nitrogens with zero attached hydrogens (tertiary/aromatic N) is 2. The van der Waals surface area contributed by atoms with Gasteiger partial charge in [-0.3, -0.25) is 13.9 Å². The third kappa shape index (κ3) is 8.69. The second-order valence-corrected chi connectivity index (χ2v) is 14.7. The number of rotatable bonds is 13. The highest BCUT2D eigenvalue weighted by atomic mass is 35.5. The molecule has 0 heterocycles. The maximum atomic E-state index is 14.7. The molecule has 2 amide bonds. The summed E-state index contributed by atoms with van der Waals surface area (Å²) in [5, 5.41) is 3.92. The van der Waals surface area contributed by atoms with Crippen LogP contribution in [0.2, 0.25) is 10.0 Å². The van der Waals surface area contributed by atoms with Crippen LogP contribution in [0, 0.1) is 6.92 Å². The van der Waals surface area contributed by atoms with Gasteiger partial charge in [-0.25, -0.2) is 8.42 Å². The molecule has 1 aliphatic carbocycles. The maximum absolute atomic E-state index is 14.7. The highest BCUT2D eigenvalue weighted by molar-refractivity contribution is 7.92. The molecule has 252 valence electrons. The molecule has 0 bridgehead atoms. The molecular formula is C37H39Cl2N3O5S. The number of halogens is 2. The Labute approximate surface area is 292 Å². The molecule has 0 saturated heterocycles. The fourth-order valence-electron chi connectivity index (χ4n) is 5.89. The molecule has 0 unspecified atom stereocenters. The molecule has 1 saturated carbocycles. The predicted molar refractivity (Wildman–Crippen MR) is 190 cm³/mol. The van der Waals surface area contributed by atoms with Crippen LogP contribution in [-0.4, -0.2) is 50.9 Å². The molecule has 4 aromatic rings. The quantitative estimate of drug-likeness (QED) is 0.159. The van der Waals surface area contributed by atoms with Crippen LogP contribution in [0.25, 0.3) is 0 Å². The second kappa shape index (κ2) is 15.9. The summed E-state index contributed by atoms with van der Waals surface area (Å²) in [6, 6.07) is 26.4. The van der Waals surface area contributed by atoms with Crippen LogP contribution in [0.1, 0.15) is 42.4 Å². The van der Waals surface area contributed by atoms with Gasteiger partial charge in [-0.2, -0.15) is 0 Å². The van der Waals surface area contributed by atoms with E-state index in [2.05, 4.69) is 5.32 Å². The van der Waals surface area contributed by atoms with Crippen LogP contribution in [0.15, 0.2) is 102 Å². The zero-order valence-electron chi connectivity index (χ0n) is 26.9. The van der Waals surface area contributed by atoms with Gasteiger partial charge < -0.3 is 15.0 Å². The van der Waals surface area contributed by atoms with Crippen molar-refractivity contribution in [3.63, 3.8) is 0 Å². The number of nitrogens with one attached hydrogen (secondary N) is 1. The highest BCUT2D eigenvalue weighted by Gasteiger charge is 2.36. The molecule has 11 heteroatoms. The molecule has 0 aliphatic heterocycles. The number of sulfonamides is 1. The molecule has 4 aromatic carbocycles. The highest BCUT2D eigenvalue weighted by Crippen LogP contribution is 2.29. The van der Waals surface area contributed by atoms with Crippen LogP contribution in [0.5, 0.6) is 5.75 Å². The van der Waals surface area contributed by atoms with Gasteiger partial charge in [0, 0.05) is 35.1 Å². The minimum atomic E-state index is -4.25. The zero-order chi connectivity index (χ0) is 34.3. The fraction of sp³-hybridized carbons (Fsp3) is 0.297. The average molecular weight is 709 g/mol. The molecule has 1 fully saturated rings. The molecule has 48 heavy (non-hydrogen) atoms. The van der Waals surface area contributed by atoms with E-state index in [4.69, 9.17) is 27.9 Å². The van der Waals surface area contributed by atoms with Crippen molar-refractivity contribution in [3.05, 3.63) is 124 Å². The summed E-state index contributed by atoms with van der Waals surface area (Å²) < 4.78 is 35.0. The van der Waals surface area contributed by atoms with E-state index in [9.17, 15) is 18.0 Å². The first-order valence-electron chi connectivity index (χ1n) is 15.9. The topological polar surface area (TPSA) is 96.0 Å². The van der Waals surface area contributed by atoms with Gasteiger partial charge in [0.2, 0.25) is 11.8 Å². The Morgan fingerprint density at radius 2 is 1.62 bits per heavy atom. The molecule has 0 radical (unpaired) electrons. The van der Waals surface area contributed by atoms with Gasteiger partial charge in [-0.15, -0.1) is 0 Å². The van der Waals surface area contributed by atoms with E-state index in [1.807, 2.05) is 37.3 Å². The number of ether oxygens (including phenoxy) is 1. The standard InChI is InChI=1S/C37H39Cl2N3O5S/c1-26-15-19-33(20-16-26)48(45,46)42(31-13-8-14-32(23-31)47-2)25-36(43)41(24-28-17-18-29(38)22-34(28)39)35(21-27-9-4-3-5-10-27)37(44)40-30-11-6-7-12-30/h3-5,8-10,13-20,22-23,30,35H,6-7,11-12,21,24-25H2,1-2H3,(H,40,44)/t35-/m0/s1. The largest absolute Gasteiger partial charge is 0.497 e. The molecular weight excluding hydrogens is 669 g/mol. The molecule has 0 spiro atoms. The number of methoxy groups -OCH3 is 1. The third-order valence-electron chi connectivity index (χ3n) is 8.56. The summed E-state index contributed by atoms with van der Waals surface area (Å²) >= 11 is 12.8. The van der Waals surface area contributed by atoms with Crippen molar-refractivity contribution in [3.8, 4) is 5.75 Å². The normalized spacial score (nSPS) is 13.9. The predicted octanol–water partition coefficient (Wildman–Crippen LogP) is 7.20. The van der Waals surface area contributed by atoms with E-state index in [0.29, 0.717) is 21.4 Å². The molecule has 8 nitrogen and oxygen atoms in total. The van der Waals surface area contributed by atoms with Crippen LogP contribution < -0.4 is 14.4 Å². The van der Waals surface area contributed by atoms with E-state index in [1.165, 1.54) is 24.1 Å². The second-order valence-electron chi connectivity index (χ2n) is 12.0. The fourth-order valence-corrected chi connectivity index (χ4v) is 7.76. The summed E-state index contributed by atoms with van der Waals surface area (Å²) in [6.07, 6.45) is 3.96. The smallest absolute Gasteiger partial charge is 0.264 e. The summed E-state index contributed by atoms with van der Waals surface area (Å²) in [4.78, 5) is 30.3. The van der Waals surface area contributed by atoms with E-state index in [0.717, 1.165) is 41.1 Å². The monoisotopic (exact) mass is 707 g/mol. The van der Waals surface area contributed by atoms with Gasteiger partial charge in [0.25, 0.3) is 10.0 Å². The van der Waals surface area contributed by atoms with Crippen molar-refractivity contribution in [2.75, 3.05) is 18.0 Å². The van der Waals surface area contributed by atoms with Crippen LogP contribution in [0.3, 0.4) is 0 Å². The van der Waals surface area contributed by atoms with Crippen molar-refractivity contribution in [2.45, 2.75) is 62.6 Å². The average Bonchev–Trinajstić information content (AvgIpc) is 3.59. The number of anilines is 1. The van der Waals surface area contributed by atoms with Crippen molar-refractivity contribution in [1.29, 1.82) is 0 Å². The van der Waals surface area contributed by atoms with Gasteiger partial charge in [0.05, 0.1) is 17.7 Å². The lowest BCUT2D eigenvalue weighted by Crippen LogP contribution is -2.54. The maximum Gasteiger partial charge on any atom is 0.264 e. The molecule has 1 atom stereocenters. The van der Waals surface area contributed by atoms with Crippen molar-refractivity contribution in [2.24, 2.45) is 0 Å². The minimum Gasteiger partial charge on any atom is -0.497 e. The Morgan fingerprint density at radius 1 is 0.917 bits per heavy atom. The van der Waals surface area contributed by atoms with Crippen LogP contribution in [-0.2, 0) is 32.6 Å². The molecule has 1 N–H and O–H groups in total. The first-order chi connectivity index (χ1) is 23.0. The molecule has 0 aromatic heterocycles. The summed E-state index contributed by atoms with van der Waals surface area (Å²) in [5.41, 5.74) is 2.54.